The van der Waals surface area contributed by atoms with Crippen LogP contribution in [-0.4, -0.2) is 24.0 Å². The van der Waals surface area contributed by atoms with Gasteiger partial charge >= 0.3 is 0 Å². The van der Waals surface area contributed by atoms with E-state index in [1.807, 2.05) is 6.92 Å². The number of nitrogens with zero attached hydrogens (tertiary/aromatic N) is 1. The first-order valence-corrected chi connectivity index (χ1v) is 7.11. The van der Waals surface area contributed by atoms with Crippen LogP contribution in [0.4, 0.5) is 5.82 Å². The lowest BCUT2D eigenvalue weighted by atomic mass is 10.1. The van der Waals surface area contributed by atoms with E-state index in [1.54, 1.807) is 19.2 Å². The Kier molecular flexibility index (Phi) is 6.64. The SMILES string of the molecule is CCCCCC(C)NC(=O)c1nc(NC)ccc1Cl. The van der Waals surface area contributed by atoms with Crippen LogP contribution in [0.1, 0.15) is 50.0 Å². The fourth-order valence-corrected chi connectivity index (χ4v) is 2.00. The second kappa shape index (κ2) is 8.00. The molecular weight excluding hydrogens is 262 g/mol. The summed E-state index contributed by atoms with van der Waals surface area (Å²) in [5, 5.41) is 6.20. The number of carbonyl (C=O) groups excluding carboxylic acids is 1. The first kappa shape index (κ1) is 15.8. The summed E-state index contributed by atoms with van der Waals surface area (Å²) in [5.74, 6) is 0.416. The summed E-state index contributed by atoms with van der Waals surface area (Å²) in [6.45, 7) is 4.17. The maximum Gasteiger partial charge on any atom is 0.271 e. The van der Waals surface area contributed by atoms with E-state index >= 15 is 0 Å². The molecule has 1 unspecified atom stereocenters. The lowest BCUT2D eigenvalue weighted by molar-refractivity contribution is 0.0933. The maximum absolute atomic E-state index is 12.1. The standard InChI is InChI=1S/C14H22ClN3O/c1-4-5-6-7-10(2)17-14(19)13-11(15)8-9-12(16-3)18-13/h8-10H,4-7H2,1-3H3,(H,16,18)(H,17,19). The van der Waals surface area contributed by atoms with E-state index in [0.717, 1.165) is 12.8 Å². The third-order valence-electron chi connectivity index (χ3n) is 2.94. The van der Waals surface area contributed by atoms with Gasteiger partial charge in [0.15, 0.2) is 0 Å². The summed E-state index contributed by atoms with van der Waals surface area (Å²) in [6, 6.07) is 3.55. The molecule has 0 saturated carbocycles. The Morgan fingerprint density at radius 1 is 1.42 bits per heavy atom. The maximum atomic E-state index is 12.1. The Morgan fingerprint density at radius 2 is 2.16 bits per heavy atom. The first-order valence-electron chi connectivity index (χ1n) is 6.73. The molecule has 5 heteroatoms. The largest absolute Gasteiger partial charge is 0.373 e. The lowest BCUT2D eigenvalue weighted by Crippen LogP contribution is -2.33. The number of unbranched alkanes of at least 4 members (excludes halogenated alkanes) is 2. The molecule has 1 aromatic heterocycles. The summed E-state index contributed by atoms with van der Waals surface area (Å²) < 4.78 is 0. The number of aromatic nitrogens is 1. The lowest BCUT2D eigenvalue weighted by Gasteiger charge is -2.14. The molecule has 1 amide bonds. The van der Waals surface area contributed by atoms with Gasteiger partial charge in [0, 0.05) is 13.1 Å². The second-order valence-electron chi connectivity index (χ2n) is 4.65. The van der Waals surface area contributed by atoms with Crippen LogP contribution in [-0.2, 0) is 0 Å². The van der Waals surface area contributed by atoms with Crippen molar-refractivity contribution in [3.63, 3.8) is 0 Å². The minimum Gasteiger partial charge on any atom is -0.373 e. The summed E-state index contributed by atoms with van der Waals surface area (Å²) in [4.78, 5) is 16.3. The van der Waals surface area contributed by atoms with Crippen molar-refractivity contribution in [2.75, 3.05) is 12.4 Å². The molecule has 1 aromatic rings. The molecule has 4 nitrogen and oxygen atoms in total. The molecule has 0 aliphatic heterocycles. The third kappa shape index (κ3) is 5.07. The van der Waals surface area contributed by atoms with Crippen LogP contribution in [0.3, 0.4) is 0 Å². The van der Waals surface area contributed by atoms with Crippen LogP contribution in [0.5, 0.6) is 0 Å². The zero-order valence-electron chi connectivity index (χ0n) is 11.8. The van der Waals surface area contributed by atoms with Crippen molar-refractivity contribution in [1.29, 1.82) is 0 Å². The molecule has 106 valence electrons. The van der Waals surface area contributed by atoms with Gasteiger partial charge in [-0.05, 0) is 25.5 Å². The number of pyridine rings is 1. The highest BCUT2D eigenvalue weighted by molar-refractivity contribution is 6.33. The van der Waals surface area contributed by atoms with Crippen LogP contribution in [0.15, 0.2) is 12.1 Å². The molecule has 0 aromatic carbocycles. The number of rotatable bonds is 7. The summed E-state index contributed by atoms with van der Waals surface area (Å²) in [7, 11) is 1.76. The number of hydrogen-bond acceptors (Lipinski definition) is 3. The minimum atomic E-state index is -0.217. The molecule has 1 rings (SSSR count). The third-order valence-corrected chi connectivity index (χ3v) is 3.24. The zero-order valence-corrected chi connectivity index (χ0v) is 12.5. The fraction of sp³-hybridized carbons (Fsp3) is 0.571. The van der Waals surface area contributed by atoms with E-state index in [1.165, 1.54) is 12.8 Å². The normalized spacial score (nSPS) is 12.0. The van der Waals surface area contributed by atoms with Gasteiger partial charge in [-0.2, -0.15) is 0 Å². The van der Waals surface area contributed by atoms with Crippen molar-refractivity contribution in [2.45, 2.75) is 45.6 Å². The number of halogens is 1. The Bertz CT molecular complexity index is 423. The van der Waals surface area contributed by atoms with Crippen molar-refractivity contribution < 1.29 is 4.79 Å². The van der Waals surface area contributed by atoms with E-state index < -0.39 is 0 Å². The Morgan fingerprint density at radius 3 is 2.79 bits per heavy atom. The molecule has 0 saturated heterocycles. The zero-order chi connectivity index (χ0) is 14.3. The van der Waals surface area contributed by atoms with Gasteiger partial charge in [0.05, 0.1) is 5.02 Å². The number of amides is 1. The van der Waals surface area contributed by atoms with Gasteiger partial charge in [-0.15, -0.1) is 0 Å². The van der Waals surface area contributed by atoms with Crippen molar-refractivity contribution >= 4 is 23.3 Å². The summed E-state index contributed by atoms with van der Waals surface area (Å²) in [5.41, 5.74) is 0.274. The van der Waals surface area contributed by atoms with E-state index in [2.05, 4.69) is 22.5 Å². The van der Waals surface area contributed by atoms with Gasteiger partial charge < -0.3 is 10.6 Å². The molecule has 2 N–H and O–H groups in total. The van der Waals surface area contributed by atoms with Crippen molar-refractivity contribution in [3.05, 3.63) is 22.8 Å². The van der Waals surface area contributed by atoms with Crippen LogP contribution in [0.2, 0.25) is 5.02 Å². The Balaban J connectivity index is 2.62. The van der Waals surface area contributed by atoms with Gasteiger partial charge in [0.25, 0.3) is 5.91 Å². The molecule has 1 atom stereocenters. The topological polar surface area (TPSA) is 54.0 Å². The molecule has 0 bridgehead atoms. The molecule has 0 radical (unpaired) electrons. The van der Waals surface area contributed by atoms with Crippen molar-refractivity contribution in [3.8, 4) is 0 Å². The quantitative estimate of drug-likeness (QED) is 0.753. The van der Waals surface area contributed by atoms with Gasteiger partial charge in [-0.25, -0.2) is 4.98 Å². The smallest absolute Gasteiger partial charge is 0.271 e. The molecule has 0 aliphatic carbocycles. The first-order chi connectivity index (χ1) is 9.08. The Labute approximate surface area is 120 Å². The second-order valence-corrected chi connectivity index (χ2v) is 5.05. The Hall–Kier alpha value is -1.29. The van der Waals surface area contributed by atoms with Crippen molar-refractivity contribution in [2.24, 2.45) is 0 Å². The molecule has 0 spiro atoms. The van der Waals surface area contributed by atoms with Crippen LogP contribution >= 0.6 is 11.6 Å². The molecule has 0 aliphatic rings. The van der Waals surface area contributed by atoms with Crippen LogP contribution in [0.25, 0.3) is 0 Å². The van der Waals surface area contributed by atoms with Gasteiger partial charge in [0.1, 0.15) is 11.5 Å². The number of carbonyl (C=O) groups is 1. The van der Waals surface area contributed by atoms with E-state index in [0.29, 0.717) is 10.8 Å². The number of hydrogen-bond donors (Lipinski definition) is 2. The highest BCUT2D eigenvalue weighted by Gasteiger charge is 2.15. The van der Waals surface area contributed by atoms with Gasteiger partial charge in [-0.1, -0.05) is 37.8 Å². The highest BCUT2D eigenvalue weighted by atomic mass is 35.5. The summed E-state index contributed by atoms with van der Waals surface area (Å²) in [6.07, 6.45) is 4.46. The van der Waals surface area contributed by atoms with E-state index in [9.17, 15) is 4.79 Å². The molecule has 1 heterocycles. The fourth-order valence-electron chi connectivity index (χ4n) is 1.81. The van der Waals surface area contributed by atoms with Gasteiger partial charge in [0.2, 0.25) is 0 Å². The molecule has 19 heavy (non-hydrogen) atoms. The molecular formula is C14H22ClN3O. The monoisotopic (exact) mass is 283 g/mol. The average molecular weight is 284 g/mol. The number of anilines is 1. The van der Waals surface area contributed by atoms with E-state index in [-0.39, 0.29) is 17.6 Å². The predicted octanol–water partition coefficient (Wildman–Crippen LogP) is 3.48. The van der Waals surface area contributed by atoms with Gasteiger partial charge in [-0.3, -0.25) is 4.79 Å². The predicted molar refractivity (Wildman–Crippen MR) is 79.9 cm³/mol. The molecule has 0 fully saturated rings. The highest BCUT2D eigenvalue weighted by Crippen LogP contribution is 2.16. The van der Waals surface area contributed by atoms with Crippen LogP contribution < -0.4 is 10.6 Å². The minimum absolute atomic E-state index is 0.134. The average Bonchev–Trinajstić information content (AvgIpc) is 2.39. The van der Waals surface area contributed by atoms with Crippen molar-refractivity contribution in [1.82, 2.24) is 10.3 Å². The van der Waals surface area contributed by atoms with E-state index in [4.69, 9.17) is 11.6 Å². The number of nitrogens with one attached hydrogen (secondary N) is 2. The summed E-state index contributed by atoms with van der Waals surface area (Å²) >= 11 is 6.01. The van der Waals surface area contributed by atoms with Crippen LogP contribution in [0, 0.1) is 0 Å².